The van der Waals surface area contributed by atoms with E-state index in [-0.39, 0.29) is 12.6 Å². The SMILES string of the molecule is [2H]CN[C@H](C(=O)O)C(=C=O)c1ccccc1. The van der Waals surface area contributed by atoms with Crippen LogP contribution >= 0.6 is 0 Å². The van der Waals surface area contributed by atoms with Crippen LogP contribution in [-0.2, 0) is 9.59 Å². The van der Waals surface area contributed by atoms with Gasteiger partial charge >= 0.3 is 5.97 Å². The molecule has 0 aliphatic carbocycles. The minimum Gasteiger partial charge on any atom is -0.480 e. The van der Waals surface area contributed by atoms with Gasteiger partial charge in [0, 0.05) is 1.37 Å². The number of carboxylic acid groups (broad SMARTS) is 1. The first kappa shape index (κ1) is 9.65. The molecule has 0 aliphatic rings. The summed E-state index contributed by atoms with van der Waals surface area (Å²) in [6, 6.07) is 7.22. The van der Waals surface area contributed by atoms with Gasteiger partial charge in [-0.05, 0) is 12.6 Å². The van der Waals surface area contributed by atoms with E-state index in [0.717, 1.165) is 0 Å². The van der Waals surface area contributed by atoms with Crippen LogP contribution in [0.3, 0.4) is 0 Å². The van der Waals surface area contributed by atoms with Crippen molar-refractivity contribution in [1.82, 2.24) is 5.32 Å². The number of carboxylic acids is 1. The molecule has 15 heavy (non-hydrogen) atoms. The number of benzene rings is 1. The molecule has 0 aliphatic heterocycles. The van der Waals surface area contributed by atoms with Crippen molar-refractivity contribution >= 4 is 17.5 Å². The van der Waals surface area contributed by atoms with Crippen molar-refractivity contribution in [2.45, 2.75) is 6.04 Å². The fraction of sp³-hybridized carbons (Fsp3) is 0.182. The molecule has 2 N–H and O–H groups in total. The molecule has 0 saturated carbocycles. The zero-order valence-corrected chi connectivity index (χ0v) is 7.93. The highest BCUT2D eigenvalue weighted by molar-refractivity contribution is 6.01. The minimum absolute atomic E-state index is 0.000324. The maximum Gasteiger partial charge on any atom is 0.326 e. The Morgan fingerprint density at radius 2 is 2.20 bits per heavy atom. The first-order valence-electron chi connectivity index (χ1n) is 4.97. The summed E-state index contributed by atoms with van der Waals surface area (Å²) in [4.78, 5) is 21.7. The lowest BCUT2D eigenvalue weighted by molar-refractivity contribution is -0.137. The number of nitrogens with one attached hydrogen (secondary N) is 1. The maximum atomic E-state index is 10.9. The quantitative estimate of drug-likeness (QED) is 0.707. The summed E-state index contributed by atoms with van der Waals surface area (Å²) in [5, 5.41) is 11.3. The molecular weight excluding hydrogens is 194 g/mol. The third-order valence-electron chi connectivity index (χ3n) is 1.93. The highest BCUT2D eigenvalue weighted by Gasteiger charge is 2.22. The Morgan fingerprint density at radius 3 is 2.67 bits per heavy atom. The van der Waals surface area contributed by atoms with Gasteiger partial charge in [-0.25, -0.2) is 4.79 Å². The number of carbonyl (C=O) groups is 1. The largest absolute Gasteiger partial charge is 0.480 e. The second-order valence-corrected chi connectivity index (χ2v) is 2.86. The number of likely N-dealkylation sites (N-methyl/N-ethyl adjacent to an activating group) is 1. The Hall–Kier alpha value is -1.90. The molecule has 0 saturated heterocycles. The molecule has 0 unspecified atom stereocenters. The predicted octanol–water partition coefficient (Wildman–Crippen LogP) is 0.574. The Balaban J connectivity index is 3.07. The van der Waals surface area contributed by atoms with E-state index in [1.807, 2.05) is 0 Å². The summed E-state index contributed by atoms with van der Waals surface area (Å²) in [5.41, 5.74) is 0.492. The fourth-order valence-corrected chi connectivity index (χ4v) is 1.22. The second-order valence-electron chi connectivity index (χ2n) is 2.86. The Labute approximate surface area is 88.6 Å². The number of rotatable bonds is 4. The number of aliphatic carboxylic acids is 1. The van der Waals surface area contributed by atoms with Gasteiger partial charge in [-0.1, -0.05) is 30.3 Å². The second kappa shape index (κ2) is 5.10. The number of hydrogen-bond donors (Lipinski definition) is 2. The van der Waals surface area contributed by atoms with Gasteiger partial charge < -0.3 is 10.4 Å². The van der Waals surface area contributed by atoms with Gasteiger partial charge in [0.1, 0.15) is 12.0 Å². The van der Waals surface area contributed by atoms with Crippen LogP contribution in [-0.4, -0.2) is 30.1 Å². The number of hydrogen-bond acceptors (Lipinski definition) is 3. The van der Waals surface area contributed by atoms with Crippen molar-refractivity contribution < 1.29 is 16.1 Å². The van der Waals surface area contributed by atoms with Gasteiger partial charge in [-0.2, -0.15) is 0 Å². The molecule has 0 fully saturated rings. The van der Waals surface area contributed by atoms with E-state index in [1.54, 1.807) is 36.3 Å². The lowest BCUT2D eigenvalue weighted by Crippen LogP contribution is -2.35. The van der Waals surface area contributed by atoms with E-state index in [1.165, 1.54) is 0 Å². The van der Waals surface area contributed by atoms with Crippen LogP contribution in [0.15, 0.2) is 30.3 Å². The molecule has 0 aromatic heterocycles. The van der Waals surface area contributed by atoms with Crippen molar-refractivity contribution in [1.29, 1.82) is 0 Å². The molecule has 0 heterocycles. The molecular formula is C11H11NO3. The van der Waals surface area contributed by atoms with Crippen LogP contribution in [0.2, 0.25) is 0 Å². The van der Waals surface area contributed by atoms with Gasteiger partial charge in [0.25, 0.3) is 0 Å². The maximum absolute atomic E-state index is 10.9. The molecule has 0 spiro atoms. The van der Waals surface area contributed by atoms with E-state index < -0.39 is 12.0 Å². The molecule has 1 atom stereocenters. The molecule has 1 rings (SSSR count). The smallest absolute Gasteiger partial charge is 0.326 e. The van der Waals surface area contributed by atoms with Crippen LogP contribution in [0.1, 0.15) is 6.93 Å². The Bertz CT molecular complexity index is 412. The van der Waals surface area contributed by atoms with Crippen molar-refractivity contribution in [3.63, 3.8) is 0 Å². The molecule has 4 heteroatoms. The van der Waals surface area contributed by atoms with Crippen molar-refractivity contribution in [2.75, 3.05) is 7.02 Å². The summed E-state index contributed by atoms with van der Waals surface area (Å²) in [5.74, 6) is 0.425. The first-order valence-corrected chi connectivity index (χ1v) is 4.26. The van der Waals surface area contributed by atoms with Crippen molar-refractivity contribution in [3.05, 3.63) is 35.9 Å². The van der Waals surface area contributed by atoms with Crippen LogP contribution in [0.4, 0.5) is 0 Å². The van der Waals surface area contributed by atoms with E-state index in [4.69, 9.17) is 6.48 Å². The van der Waals surface area contributed by atoms with Crippen LogP contribution < -0.4 is 5.32 Å². The number of carbonyl (C=O) groups excluding carboxylic acids is 1. The topological polar surface area (TPSA) is 66.4 Å². The average molecular weight is 206 g/mol. The van der Waals surface area contributed by atoms with Gasteiger partial charge in [-0.15, -0.1) is 0 Å². The summed E-state index contributed by atoms with van der Waals surface area (Å²) in [7, 11) is -0.283. The van der Waals surface area contributed by atoms with Gasteiger partial charge in [0.15, 0.2) is 0 Å². The lowest BCUT2D eigenvalue weighted by atomic mass is 10.0. The van der Waals surface area contributed by atoms with Crippen LogP contribution in [0.25, 0.3) is 5.57 Å². The summed E-state index contributed by atoms with van der Waals surface area (Å²) in [6.45, 7) is 0. The van der Waals surface area contributed by atoms with E-state index >= 15 is 0 Å². The first-order chi connectivity index (χ1) is 7.70. The molecule has 78 valence electrons. The van der Waals surface area contributed by atoms with E-state index in [2.05, 4.69) is 5.32 Å². The van der Waals surface area contributed by atoms with E-state index in [9.17, 15) is 9.59 Å². The molecule has 0 radical (unpaired) electrons. The van der Waals surface area contributed by atoms with Crippen LogP contribution in [0, 0.1) is 0 Å². The standard InChI is InChI=1S/C11H11NO3/c1-12-10(11(14)15)9(7-13)8-5-3-2-4-6-8/h2-6,10,12H,1H3,(H,14,15)/t10-/m0/s1/i1D. The molecule has 1 aromatic rings. The van der Waals surface area contributed by atoms with Crippen molar-refractivity contribution in [2.24, 2.45) is 0 Å². The summed E-state index contributed by atoms with van der Waals surface area (Å²) >= 11 is 0. The van der Waals surface area contributed by atoms with Gasteiger partial charge in [0.2, 0.25) is 0 Å². The van der Waals surface area contributed by atoms with E-state index in [0.29, 0.717) is 5.56 Å². The van der Waals surface area contributed by atoms with Gasteiger partial charge in [0.05, 0.1) is 5.57 Å². The normalized spacial score (nSPS) is 12.4. The highest BCUT2D eigenvalue weighted by Crippen LogP contribution is 2.14. The monoisotopic (exact) mass is 206 g/mol. The van der Waals surface area contributed by atoms with Crippen LogP contribution in [0.5, 0.6) is 0 Å². The van der Waals surface area contributed by atoms with Gasteiger partial charge in [-0.3, -0.25) is 4.79 Å². The summed E-state index contributed by atoms with van der Waals surface area (Å²) in [6.07, 6.45) is 0. The molecule has 0 bridgehead atoms. The molecule has 1 aromatic carbocycles. The average Bonchev–Trinajstić information content (AvgIpc) is 2.30. The molecule has 0 amide bonds. The third kappa shape index (κ3) is 2.53. The lowest BCUT2D eigenvalue weighted by Gasteiger charge is -2.12. The zero-order chi connectivity index (χ0) is 12.0. The highest BCUT2D eigenvalue weighted by atomic mass is 16.4. The Kier molecular flexibility index (Phi) is 3.28. The zero-order valence-electron chi connectivity index (χ0n) is 8.93. The predicted molar refractivity (Wildman–Crippen MR) is 56.0 cm³/mol. The third-order valence-corrected chi connectivity index (χ3v) is 1.93. The minimum atomic E-state index is -1.20. The van der Waals surface area contributed by atoms with Crippen molar-refractivity contribution in [3.8, 4) is 0 Å². The summed E-state index contributed by atoms with van der Waals surface area (Å²) < 4.78 is 6.94. The Morgan fingerprint density at radius 1 is 1.53 bits per heavy atom. The fourth-order valence-electron chi connectivity index (χ4n) is 1.22. The molecule has 4 nitrogen and oxygen atoms in total.